The Morgan fingerprint density at radius 3 is 2.58 bits per heavy atom. The minimum Gasteiger partial charge on any atom is -0.487 e. The summed E-state index contributed by atoms with van der Waals surface area (Å²) < 4.78 is 5.91. The number of nitrogens with one attached hydrogen (secondary N) is 1. The molecule has 2 aromatic carbocycles. The Hall–Kier alpha value is -4.50. The number of pyridine rings is 2. The number of amides is 1. The maximum absolute atomic E-state index is 12.8. The van der Waals surface area contributed by atoms with E-state index in [-0.39, 0.29) is 12.3 Å². The molecule has 0 saturated heterocycles. The summed E-state index contributed by atoms with van der Waals surface area (Å²) in [5.41, 5.74) is 3.88. The summed E-state index contributed by atoms with van der Waals surface area (Å²) in [7, 11) is 0. The van der Waals surface area contributed by atoms with Gasteiger partial charge in [0, 0.05) is 29.9 Å². The van der Waals surface area contributed by atoms with Crippen LogP contribution < -0.4 is 10.1 Å². The molecule has 0 aliphatic heterocycles. The summed E-state index contributed by atoms with van der Waals surface area (Å²) in [5.74, 6) is 0.443. The van der Waals surface area contributed by atoms with Gasteiger partial charge in [-0.2, -0.15) is 5.26 Å². The zero-order valence-corrected chi connectivity index (χ0v) is 17.9. The molecular weight excluding hydrogens is 412 g/mol. The van der Waals surface area contributed by atoms with Crippen molar-refractivity contribution >= 4 is 28.5 Å². The van der Waals surface area contributed by atoms with E-state index in [0.29, 0.717) is 24.5 Å². The van der Waals surface area contributed by atoms with Gasteiger partial charge in [0.05, 0.1) is 23.7 Å². The number of carbonyl (C=O) groups is 1. The van der Waals surface area contributed by atoms with Crippen LogP contribution in [0.4, 0.5) is 0 Å². The topological polar surface area (TPSA) is 87.9 Å². The van der Waals surface area contributed by atoms with Crippen molar-refractivity contribution in [1.29, 1.82) is 5.26 Å². The standard InChI is InChI=1S/C27H22N4O2/c28-14-3-15-30-27(32)25(18-20-12-16-29-17-13-20)21-7-10-24(11-8-21)33-19-23-9-6-22-4-1-2-5-26(22)31-23/h1-2,4-13,16-18H,3,15,19H2,(H,30,32)/b25-18+. The van der Waals surface area contributed by atoms with Crippen molar-refractivity contribution in [2.24, 2.45) is 0 Å². The second-order valence-corrected chi connectivity index (χ2v) is 7.31. The van der Waals surface area contributed by atoms with E-state index in [9.17, 15) is 4.79 Å². The average Bonchev–Trinajstić information content (AvgIpc) is 2.87. The highest BCUT2D eigenvalue weighted by atomic mass is 16.5. The van der Waals surface area contributed by atoms with Gasteiger partial charge in [-0.3, -0.25) is 9.78 Å². The largest absolute Gasteiger partial charge is 0.487 e. The molecule has 2 aromatic heterocycles. The maximum Gasteiger partial charge on any atom is 0.251 e. The lowest BCUT2D eigenvalue weighted by molar-refractivity contribution is -0.115. The Balaban J connectivity index is 1.49. The molecule has 0 aliphatic carbocycles. The van der Waals surface area contributed by atoms with Crippen molar-refractivity contribution < 1.29 is 9.53 Å². The Bertz CT molecular complexity index is 1310. The van der Waals surface area contributed by atoms with Crippen LogP contribution in [0.15, 0.2) is 85.2 Å². The highest BCUT2D eigenvalue weighted by Gasteiger charge is 2.12. The van der Waals surface area contributed by atoms with Crippen LogP contribution in [-0.4, -0.2) is 22.4 Å². The van der Waals surface area contributed by atoms with Crippen molar-refractivity contribution in [3.05, 3.63) is 102 Å². The molecule has 0 bridgehead atoms. The van der Waals surface area contributed by atoms with E-state index in [1.807, 2.05) is 78.9 Å². The third kappa shape index (κ3) is 5.81. The minimum atomic E-state index is -0.240. The number of hydrogen-bond acceptors (Lipinski definition) is 5. The molecule has 4 aromatic rings. The van der Waals surface area contributed by atoms with E-state index in [1.165, 1.54) is 0 Å². The number of fused-ring (bicyclic) bond motifs is 1. The number of carbonyl (C=O) groups excluding carboxylic acids is 1. The fraction of sp³-hybridized carbons (Fsp3) is 0.111. The number of rotatable bonds is 8. The molecule has 0 spiro atoms. The highest BCUT2D eigenvalue weighted by Crippen LogP contribution is 2.22. The molecule has 6 heteroatoms. The van der Waals surface area contributed by atoms with Crippen molar-refractivity contribution in [1.82, 2.24) is 15.3 Å². The molecule has 0 aliphatic rings. The number of hydrogen-bond donors (Lipinski definition) is 1. The van der Waals surface area contributed by atoms with Gasteiger partial charge in [0.2, 0.25) is 0 Å². The Labute approximate surface area is 192 Å². The summed E-state index contributed by atoms with van der Waals surface area (Å²) in [6.45, 7) is 0.640. The van der Waals surface area contributed by atoms with Crippen LogP contribution in [0.2, 0.25) is 0 Å². The Morgan fingerprint density at radius 1 is 1.00 bits per heavy atom. The van der Waals surface area contributed by atoms with E-state index >= 15 is 0 Å². The van der Waals surface area contributed by atoms with Gasteiger partial charge in [0.15, 0.2) is 0 Å². The predicted molar refractivity (Wildman–Crippen MR) is 128 cm³/mol. The van der Waals surface area contributed by atoms with E-state index in [1.54, 1.807) is 18.5 Å². The summed E-state index contributed by atoms with van der Waals surface area (Å²) in [6, 6.07) is 25.0. The van der Waals surface area contributed by atoms with Gasteiger partial charge in [-0.05, 0) is 53.6 Å². The average molecular weight is 434 g/mol. The number of para-hydroxylation sites is 1. The predicted octanol–water partition coefficient (Wildman–Crippen LogP) is 4.78. The fourth-order valence-corrected chi connectivity index (χ4v) is 3.31. The number of nitriles is 1. The Kier molecular flexibility index (Phi) is 7.04. The van der Waals surface area contributed by atoms with Crippen LogP contribution in [-0.2, 0) is 11.4 Å². The first kappa shape index (κ1) is 21.7. The van der Waals surface area contributed by atoms with Crippen LogP contribution >= 0.6 is 0 Å². The van der Waals surface area contributed by atoms with Crippen LogP contribution in [0.5, 0.6) is 5.75 Å². The summed E-state index contributed by atoms with van der Waals surface area (Å²) >= 11 is 0. The zero-order valence-electron chi connectivity index (χ0n) is 17.9. The van der Waals surface area contributed by atoms with Gasteiger partial charge in [-0.25, -0.2) is 4.98 Å². The molecule has 2 heterocycles. The van der Waals surface area contributed by atoms with Crippen molar-refractivity contribution in [3.63, 3.8) is 0 Å². The molecule has 0 radical (unpaired) electrons. The summed E-state index contributed by atoms with van der Waals surface area (Å²) in [4.78, 5) is 21.4. The molecule has 1 N–H and O–H groups in total. The smallest absolute Gasteiger partial charge is 0.251 e. The first-order chi connectivity index (χ1) is 16.2. The molecule has 33 heavy (non-hydrogen) atoms. The van der Waals surface area contributed by atoms with E-state index in [0.717, 1.165) is 27.7 Å². The lowest BCUT2D eigenvalue weighted by Crippen LogP contribution is -2.25. The number of aromatic nitrogens is 2. The van der Waals surface area contributed by atoms with Crippen LogP contribution in [0.1, 0.15) is 23.2 Å². The lowest BCUT2D eigenvalue weighted by atomic mass is 10.0. The summed E-state index contributed by atoms with van der Waals surface area (Å²) in [5, 5.41) is 12.6. The van der Waals surface area contributed by atoms with Crippen LogP contribution in [0.25, 0.3) is 22.6 Å². The molecule has 0 fully saturated rings. The SMILES string of the molecule is N#CCCNC(=O)/C(=C/c1ccncc1)c1ccc(OCc2ccc3ccccc3n2)cc1. The maximum atomic E-state index is 12.8. The monoisotopic (exact) mass is 434 g/mol. The first-order valence-electron chi connectivity index (χ1n) is 10.6. The lowest BCUT2D eigenvalue weighted by Gasteiger charge is -2.11. The molecule has 0 saturated carbocycles. The molecule has 0 atom stereocenters. The van der Waals surface area contributed by atoms with E-state index in [4.69, 9.17) is 10.00 Å². The van der Waals surface area contributed by atoms with Gasteiger partial charge in [-0.15, -0.1) is 0 Å². The normalized spacial score (nSPS) is 11.1. The molecule has 162 valence electrons. The van der Waals surface area contributed by atoms with Gasteiger partial charge in [-0.1, -0.05) is 36.4 Å². The van der Waals surface area contributed by atoms with Crippen molar-refractivity contribution in [3.8, 4) is 11.8 Å². The first-order valence-corrected chi connectivity index (χ1v) is 10.6. The quantitative estimate of drug-likeness (QED) is 0.319. The van der Waals surface area contributed by atoms with E-state index in [2.05, 4.69) is 15.3 Å². The molecule has 1 amide bonds. The third-order valence-corrected chi connectivity index (χ3v) is 4.99. The molecular formula is C27H22N4O2. The number of benzene rings is 2. The minimum absolute atomic E-state index is 0.240. The zero-order chi connectivity index (χ0) is 22.9. The van der Waals surface area contributed by atoms with Gasteiger partial charge in [0.25, 0.3) is 5.91 Å². The number of nitrogens with zero attached hydrogens (tertiary/aromatic N) is 3. The third-order valence-electron chi connectivity index (χ3n) is 4.99. The molecule has 6 nitrogen and oxygen atoms in total. The highest BCUT2D eigenvalue weighted by molar-refractivity contribution is 6.24. The summed E-state index contributed by atoms with van der Waals surface area (Å²) in [6.07, 6.45) is 5.41. The number of ether oxygens (including phenoxy) is 1. The molecule has 4 rings (SSSR count). The van der Waals surface area contributed by atoms with Crippen molar-refractivity contribution in [2.75, 3.05) is 6.54 Å². The second-order valence-electron chi connectivity index (χ2n) is 7.31. The van der Waals surface area contributed by atoms with Gasteiger partial charge in [0.1, 0.15) is 12.4 Å². The van der Waals surface area contributed by atoms with Gasteiger partial charge >= 0.3 is 0 Å². The van der Waals surface area contributed by atoms with Crippen molar-refractivity contribution in [2.45, 2.75) is 13.0 Å². The second kappa shape index (κ2) is 10.7. The van der Waals surface area contributed by atoms with E-state index < -0.39 is 0 Å². The Morgan fingerprint density at radius 2 is 1.79 bits per heavy atom. The van der Waals surface area contributed by atoms with Gasteiger partial charge < -0.3 is 10.1 Å². The van der Waals surface area contributed by atoms with Crippen LogP contribution in [0.3, 0.4) is 0 Å². The molecule has 0 unspecified atom stereocenters. The fourth-order valence-electron chi connectivity index (χ4n) is 3.31. The van der Waals surface area contributed by atoms with Crippen LogP contribution in [0, 0.1) is 11.3 Å².